The van der Waals surface area contributed by atoms with Gasteiger partial charge in [0.05, 0.1) is 22.1 Å². The summed E-state index contributed by atoms with van der Waals surface area (Å²) in [4.78, 5) is 78.5. The number of imide groups is 2. The summed E-state index contributed by atoms with van der Waals surface area (Å²) in [5.74, 6) is -2.30. The molecule has 1 aromatic heterocycles. The summed E-state index contributed by atoms with van der Waals surface area (Å²) in [7, 11) is 0. The van der Waals surface area contributed by atoms with E-state index in [4.69, 9.17) is 4.42 Å². The number of rotatable bonds is 4. The van der Waals surface area contributed by atoms with Gasteiger partial charge in [-0.25, -0.2) is 9.80 Å². The van der Waals surface area contributed by atoms with Crippen molar-refractivity contribution in [3.63, 3.8) is 0 Å². The minimum absolute atomic E-state index is 0.178. The van der Waals surface area contributed by atoms with Gasteiger partial charge in [0.1, 0.15) is 11.2 Å². The number of carbonyl (C=O) groups excluding carboxylic acids is 4. The van der Waals surface area contributed by atoms with Crippen LogP contribution in [0.15, 0.2) is 137 Å². The van der Waals surface area contributed by atoms with Crippen LogP contribution in [0, 0.1) is 13.8 Å². The lowest BCUT2D eigenvalue weighted by molar-refractivity contribution is 0.0872. The van der Waals surface area contributed by atoms with Gasteiger partial charge in [-0.2, -0.15) is 0 Å². The maximum absolute atomic E-state index is 14.8. The third kappa shape index (κ3) is 6.69. The molecule has 9 heteroatoms. The van der Waals surface area contributed by atoms with Gasteiger partial charge in [-0.15, -0.1) is 0 Å². The lowest BCUT2D eigenvalue weighted by atomic mass is 9.78. The molecule has 4 amide bonds. The third-order valence-electron chi connectivity index (χ3n) is 17.4. The third-order valence-corrected chi connectivity index (χ3v) is 17.4. The smallest absolute Gasteiger partial charge is 0.265 e. The summed E-state index contributed by atoms with van der Waals surface area (Å²) in [5.41, 5.74) is 14.7. The molecule has 9 aromatic carbocycles. The minimum Gasteiger partial charge on any atom is -0.456 e. The number of nitrogens with zero attached hydrogens (tertiary/aromatic N) is 3. The van der Waals surface area contributed by atoms with E-state index in [1.54, 1.807) is 42.5 Å². The fourth-order valence-electron chi connectivity index (χ4n) is 13.7. The molecular weight excluding hydrogens is 967 g/mol. The molecule has 5 heterocycles. The summed E-state index contributed by atoms with van der Waals surface area (Å²) in [6.45, 7) is 19.3. The van der Waals surface area contributed by atoms with Crippen molar-refractivity contribution >= 4 is 94.9 Å². The largest absolute Gasteiger partial charge is 0.456 e. The van der Waals surface area contributed by atoms with Crippen LogP contribution in [-0.4, -0.2) is 36.7 Å². The van der Waals surface area contributed by atoms with Gasteiger partial charge in [0, 0.05) is 57.9 Å². The Morgan fingerprint density at radius 1 is 0.462 bits per heavy atom. The lowest BCUT2D eigenvalue weighted by Crippen LogP contribution is -2.44. The van der Waals surface area contributed by atoms with Crippen molar-refractivity contribution in [3.8, 4) is 22.3 Å². The predicted octanol–water partition coefficient (Wildman–Crippen LogP) is 15.3. The van der Waals surface area contributed by atoms with Crippen LogP contribution in [0.25, 0.3) is 76.5 Å². The summed E-state index contributed by atoms with van der Waals surface area (Å²) in [5, 5.41) is 5.77. The molecule has 4 aliphatic rings. The first-order valence-corrected chi connectivity index (χ1v) is 27.3. The lowest BCUT2D eigenvalue weighted by Gasteiger charge is -2.39. The zero-order valence-corrected chi connectivity index (χ0v) is 45.2. The molecule has 0 spiro atoms. The van der Waals surface area contributed by atoms with Crippen molar-refractivity contribution in [1.82, 2.24) is 0 Å². The summed E-state index contributed by atoms with van der Waals surface area (Å²) < 4.78 is 6.71. The van der Waals surface area contributed by atoms with Gasteiger partial charge >= 0.3 is 0 Å². The Kier molecular flexibility index (Phi) is 10.2. The van der Waals surface area contributed by atoms with E-state index in [-0.39, 0.29) is 55.1 Å². The minimum atomic E-state index is -0.624. The Hall–Kier alpha value is -8.69. The molecule has 4 aliphatic heterocycles. The van der Waals surface area contributed by atoms with Gasteiger partial charge in [-0.1, -0.05) is 108 Å². The van der Waals surface area contributed by atoms with Gasteiger partial charge < -0.3 is 9.32 Å². The van der Waals surface area contributed by atoms with Crippen LogP contribution >= 0.6 is 0 Å². The summed E-state index contributed by atoms with van der Waals surface area (Å²) in [6, 6.07) is 40.1. The molecule has 14 rings (SSSR count). The maximum Gasteiger partial charge on any atom is 0.265 e. The standard InChI is InChI=1S/C69H57N3O6/c1-36-41-19-13-31-70-32-14-20-42(62(41)70)37(2)57(36)59-45-17-11-9-15-43(45)58(44-16-10-12-18-46(44)59)38-21-24-47-55(33-38)78-56-35-40(23-25-48(56)63(47)73)71-64(74)49-26-28-51-61-52(29-27-50(60(49)61)65(71)75)67(77)72(66(51)76)54-34-39(68(3,4)5)22-30-53(54)69(6,7)8/h9-12,15-18,21-30,33-35H,13-14,19-20,31-32H2,1-8H3. The molecule has 384 valence electrons. The maximum atomic E-state index is 14.8. The predicted molar refractivity (Wildman–Crippen MR) is 314 cm³/mol. The van der Waals surface area contributed by atoms with Crippen molar-refractivity contribution in [3.05, 3.63) is 193 Å². The van der Waals surface area contributed by atoms with Crippen molar-refractivity contribution in [2.75, 3.05) is 27.8 Å². The van der Waals surface area contributed by atoms with Gasteiger partial charge in [0.2, 0.25) is 5.43 Å². The second-order valence-corrected chi connectivity index (χ2v) is 24.0. The first-order valence-electron chi connectivity index (χ1n) is 27.3. The number of fused-ring (bicyclic) bond motifs is 4. The molecule has 10 aromatic rings. The number of amides is 4. The van der Waals surface area contributed by atoms with Gasteiger partial charge in [0.25, 0.3) is 23.6 Å². The van der Waals surface area contributed by atoms with E-state index in [0.717, 1.165) is 87.5 Å². The van der Waals surface area contributed by atoms with E-state index in [9.17, 15) is 24.0 Å². The zero-order chi connectivity index (χ0) is 54.0. The van der Waals surface area contributed by atoms with Crippen LogP contribution in [0.3, 0.4) is 0 Å². The Bertz CT molecular complexity index is 4340. The molecule has 0 atom stereocenters. The highest BCUT2D eigenvalue weighted by Gasteiger charge is 2.42. The van der Waals surface area contributed by atoms with Gasteiger partial charge in [-0.05, 0) is 182 Å². The molecule has 0 unspecified atom stereocenters. The van der Waals surface area contributed by atoms with Crippen molar-refractivity contribution < 1.29 is 23.6 Å². The second-order valence-electron chi connectivity index (χ2n) is 24.0. The molecule has 0 N–H and O–H groups in total. The molecule has 0 fully saturated rings. The fourth-order valence-corrected chi connectivity index (χ4v) is 13.7. The van der Waals surface area contributed by atoms with Crippen LogP contribution in [0.2, 0.25) is 0 Å². The topological polar surface area (TPSA) is 108 Å². The molecule has 0 saturated heterocycles. The Balaban J connectivity index is 0.867. The highest BCUT2D eigenvalue weighted by Crippen LogP contribution is 2.51. The van der Waals surface area contributed by atoms with E-state index in [2.05, 4.69) is 94.1 Å². The van der Waals surface area contributed by atoms with E-state index in [1.807, 2.05) is 51.1 Å². The molecule has 0 bridgehead atoms. The normalized spacial score (nSPS) is 15.5. The second kappa shape index (κ2) is 16.7. The van der Waals surface area contributed by atoms with E-state index in [1.165, 1.54) is 44.0 Å². The van der Waals surface area contributed by atoms with Crippen LogP contribution in [-0.2, 0) is 23.7 Å². The van der Waals surface area contributed by atoms with Crippen LogP contribution in [0.4, 0.5) is 17.1 Å². The number of benzene rings is 9. The van der Waals surface area contributed by atoms with Crippen LogP contribution < -0.4 is 20.1 Å². The number of carbonyl (C=O) groups is 4. The molecule has 0 aliphatic carbocycles. The molecule has 0 radical (unpaired) electrons. The van der Waals surface area contributed by atoms with Gasteiger partial charge in [-0.3, -0.25) is 24.0 Å². The average Bonchev–Trinajstić information content (AvgIpc) is 3.19. The van der Waals surface area contributed by atoms with E-state index < -0.39 is 29.0 Å². The number of hydrogen-bond acceptors (Lipinski definition) is 7. The number of hydrogen-bond donors (Lipinski definition) is 0. The van der Waals surface area contributed by atoms with Crippen LogP contribution in [0.1, 0.15) is 129 Å². The van der Waals surface area contributed by atoms with E-state index >= 15 is 0 Å². The number of anilines is 3. The molecule has 9 nitrogen and oxygen atoms in total. The zero-order valence-electron chi connectivity index (χ0n) is 45.2. The Morgan fingerprint density at radius 3 is 1.46 bits per heavy atom. The molecule has 78 heavy (non-hydrogen) atoms. The first kappa shape index (κ1) is 47.7. The quantitative estimate of drug-likeness (QED) is 0.128. The highest BCUT2D eigenvalue weighted by molar-refractivity contribution is 6.42. The van der Waals surface area contributed by atoms with Gasteiger partial charge in [0.15, 0.2) is 0 Å². The van der Waals surface area contributed by atoms with Crippen molar-refractivity contribution in [2.24, 2.45) is 0 Å². The van der Waals surface area contributed by atoms with Crippen molar-refractivity contribution in [1.29, 1.82) is 0 Å². The summed E-state index contributed by atoms with van der Waals surface area (Å²) in [6.07, 6.45) is 4.49. The van der Waals surface area contributed by atoms with Crippen molar-refractivity contribution in [2.45, 2.75) is 91.9 Å². The Morgan fingerprint density at radius 2 is 0.949 bits per heavy atom. The van der Waals surface area contributed by atoms with Crippen LogP contribution in [0.5, 0.6) is 0 Å². The highest BCUT2D eigenvalue weighted by atomic mass is 16.3. The van der Waals surface area contributed by atoms with E-state index in [0.29, 0.717) is 22.0 Å². The monoisotopic (exact) mass is 1020 g/mol. The molecule has 0 saturated carbocycles. The SMILES string of the molecule is Cc1c2c3c(c(C)c1-c1c4ccccc4c(-c4ccc5c(=O)c6ccc(N7C(=O)c8ccc9c%10c(ccc(c8%10)C7=O)C(=O)N(c7cc(C(C)(C)C)ccc7C(C)(C)C)C9=O)cc6oc5c4)c4ccccc14)CCCN3CCC2. The summed E-state index contributed by atoms with van der Waals surface area (Å²) >= 11 is 0. The fraction of sp³-hybridized carbons (Fsp3) is 0.232. The Labute approximate surface area is 451 Å². The molecular formula is C69H57N3O6. The first-order chi connectivity index (χ1) is 37.4. The average molecular weight is 1020 g/mol.